The highest BCUT2D eigenvalue weighted by Gasteiger charge is 2.46. The molecular weight excluding hydrogens is 402 g/mol. The maximum absolute atomic E-state index is 11.8. The Hall–Kier alpha value is -3.65. The number of nitrogens with two attached hydrogens (primary N) is 2. The molecule has 1 aromatic heterocycles. The Kier molecular flexibility index (Phi) is 4.94. The highest BCUT2D eigenvalue weighted by atomic mass is 16.2. The molecule has 5 rings (SSSR count). The fourth-order valence-corrected chi connectivity index (χ4v) is 5.04. The van der Waals surface area contributed by atoms with Gasteiger partial charge in [0.1, 0.15) is 11.5 Å². The van der Waals surface area contributed by atoms with E-state index in [1.54, 1.807) is 17.9 Å². The maximum Gasteiger partial charge on any atom is 0.316 e. The minimum absolute atomic E-state index is 0.00690. The van der Waals surface area contributed by atoms with Gasteiger partial charge in [-0.25, -0.2) is 9.79 Å². The summed E-state index contributed by atoms with van der Waals surface area (Å²) in [4.78, 5) is 19.0. The molecule has 1 saturated heterocycles. The van der Waals surface area contributed by atoms with E-state index in [2.05, 4.69) is 68.9 Å². The third-order valence-electron chi connectivity index (χ3n) is 6.59. The minimum atomic E-state index is -0.630. The highest BCUT2D eigenvalue weighted by molar-refractivity contribution is 6.12. The van der Waals surface area contributed by atoms with E-state index < -0.39 is 6.03 Å². The van der Waals surface area contributed by atoms with Crippen molar-refractivity contribution in [3.63, 3.8) is 0 Å². The van der Waals surface area contributed by atoms with Crippen molar-refractivity contribution < 1.29 is 4.79 Å². The largest absolute Gasteiger partial charge is 0.382 e. The maximum atomic E-state index is 11.8. The van der Waals surface area contributed by atoms with E-state index in [0.717, 1.165) is 13.1 Å². The SMILES string of the molecule is Cn1ncc(N=C2C=CC(C3(N4CCCC4)C=Cc4ccccc43)C=C2NC(N)=O)c1N. The van der Waals surface area contributed by atoms with Crippen LogP contribution < -0.4 is 16.8 Å². The molecule has 8 heteroatoms. The molecule has 0 spiro atoms. The number of rotatable bonds is 4. The average Bonchev–Trinajstić information content (AvgIpc) is 3.51. The van der Waals surface area contributed by atoms with Gasteiger partial charge in [-0.3, -0.25) is 9.58 Å². The molecule has 2 atom stereocenters. The van der Waals surface area contributed by atoms with Gasteiger partial charge in [0.05, 0.1) is 23.1 Å². The Morgan fingerprint density at radius 3 is 2.75 bits per heavy atom. The van der Waals surface area contributed by atoms with Crippen LogP contribution in [0.3, 0.4) is 0 Å². The highest BCUT2D eigenvalue weighted by Crippen LogP contribution is 2.48. The normalized spacial score (nSPS) is 25.8. The van der Waals surface area contributed by atoms with Crippen molar-refractivity contribution in [1.82, 2.24) is 20.0 Å². The first-order chi connectivity index (χ1) is 15.5. The molecule has 8 nitrogen and oxygen atoms in total. The lowest BCUT2D eigenvalue weighted by Crippen LogP contribution is -2.48. The van der Waals surface area contributed by atoms with E-state index in [1.807, 2.05) is 6.08 Å². The van der Waals surface area contributed by atoms with Crippen molar-refractivity contribution in [3.8, 4) is 0 Å². The molecular formula is C24H27N7O. The summed E-state index contributed by atoms with van der Waals surface area (Å²) in [5.74, 6) is 0.445. The number of nitrogen functional groups attached to an aromatic ring is 1. The van der Waals surface area contributed by atoms with E-state index in [-0.39, 0.29) is 11.5 Å². The monoisotopic (exact) mass is 429 g/mol. The Balaban J connectivity index is 1.60. The second-order valence-electron chi connectivity index (χ2n) is 8.43. The first-order valence-electron chi connectivity index (χ1n) is 10.9. The third-order valence-corrected chi connectivity index (χ3v) is 6.59. The molecule has 0 bridgehead atoms. The molecule has 2 unspecified atom stereocenters. The molecule has 1 fully saturated rings. The molecule has 32 heavy (non-hydrogen) atoms. The van der Waals surface area contributed by atoms with Crippen molar-refractivity contribution in [3.05, 3.63) is 71.6 Å². The summed E-state index contributed by atoms with van der Waals surface area (Å²) >= 11 is 0. The van der Waals surface area contributed by atoms with Crippen LogP contribution in [0, 0.1) is 5.92 Å². The van der Waals surface area contributed by atoms with E-state index in [1.165, 1.54) is 24.0 Å². The molecule has 2 aliphatic carbocycles. The zero-order valence-corrected chi connectivity index (χ0v) is 18.0. The summed E-state index contributed by atoms with van der Waals surface area (Å²) in [6.07, 6.45) is 14.6. The van der Waals surface area contributed by atoms with Crippen LogP contribution in [0.5, 0.6) is 0 Å². The standard InChI is InChI=1S/C24H27N7O/c1-30-22(25)21(15-27-30)28-19-9-8-17(14-20(19)29-23(26)32)24(31-12-4-5-13-31)11-10-16-6-2-3-7-18(16)24/h2-3,6-11,14-15,17H,4-5,12-13,25H2,1H3,(H3,26,29,32). The van der Waals surface area contributed by atoms with Crippen molar-refractivity contribution >= 4 is 29.3 Å². The van der Waals surface area contributed by atoms with Crippen LogP contribution in [0.1, 0.15) is 24.0 Å². The molecule has 5 N–H and O–H groups in total. The molecule has 0 saturated carbocycles. The number of aromatic nitrogens is 2. The predicted molar refractivity (Wildman–Crippen MR) is 126 cm³/mol. The number of nitrogens with zero attached hydrogens (tertiary/aromatic N) is 4. The van der Waals surface area contributed by atoms with Gasteiger partial charge in [-0.2, -0.15) is 5.10 Å². The number of fused-ring (bicyclic) bond motifs is 1. The van der Waals surface area contributed by atoms with Gasteiger partial charge in [0.25, 0.3) is 0 Å². The summed E-state index contributed by atoms with van der Waals surface area (Å²) in [5.41, 5.74) is 15.5. The van der Waals surface area contributed by atoms with Crippen molar-refractivity contribution in [2.45, 2.75) is 18.4 Å². The number of likely N-dealkylation sites (tertiary alicyclic amines) is 1. The number of hydrogen-bond acceptors (Lipinski definition) is 5. The van der Waals surface area contributed by atoms with Gasteiger partial charge in [0.2, 0.25) is 0 Å². The molecule has 0 radical (unpaired) electrons. The molecule has 2 heterocycles. The van der Waals surface area contributed by atoms with Gasteiger partial charge in [0.15, 0.2) is 0 Å². The Morgan fingerprint density at radius 1 is 1.25 bits per heavy atom. The zero-order valence-electron chi connectivity index (χ0n) is 18.0. The van der Waals surface area contributed by atoms with E-state index in [0.29, 0.717) is 22.9 Å². The number of primary amides is 1. The van der Waals surface area contributed by atoms with Gasteiger partial charge in [-0.05, 0) is 49.2 Å². The second kappa shape index (κ2) is 7.80. The Morgan fingerprint density at radius 2 is 2.03 bits per heavy atom. The lowest BCUT2D eigenvalue weighted by atomic mass is 9.75. The summed E-state index contributed by atoms with van der Waals surface area (Å²) < 4.78 is 1.56. The number of amides is 2. The van der Waals surface area contributed by atoms with Crippen LogP contribution in [0.4, 0.5) is 16.3 Å². The number of benzene rings is 1. The number of nitrogens with one attached hydrogen (secondary N) is 1. The minimum Gasteiger partial charge on any atom is -0.382 e. The number of carbonyl (C=O) groups is 1. The average molecular weight is 430 g/mol. The second-order valence-corrected chi connectivity index (χ2v) is 8.43. The smallest absolute Gasteiger partial charge is 0.316 e. The number of carbonyl (C=O) groups excluding carboxylic acids is 1. The van der Waals surface area contributed by atoms with Crippen LogP contribution in [-0.4, -0.2) is 39.5 Å². The van der Waals surface area contributed by atoms with Crippen LogP contribution in [0.25, 0.3) is 6.08 Å². The molecule has 1 aliphatic heterocycles. The van der Waals surface area contributed by atoms with Gasteiger partial charge in [-0.1, -0.05) is 42.5 Å². The van der Waals surface area contributed by atoms with E-state index >= 15 is 0 Å². The number of allylic oxidation sites excluding steroid dienone is 1. The van der Waals surface area contributed by atoms with E-state index in [4.69, 9.17) is 11.5 Å². The van der Waals surface area contributed by atoms with Crippen molar-refractivity contribution in [2.24, 2.45) is 23.7 Å². The number of anilines is 1. The van der Waals surface area contributed by atoms with Crippen LogP contribution in [0.2, 0.25) is 0 Å². The molecule has 2 aromatic rings. The summed E-state index contributed by atoms with van der Waals surface area (Å²) in [5, 5.41) is 6.92. The summed E-state index contributed by atoms with van der Waals surface area (Å²) in [6, 6.07) is 7.89. The zero-order chi connectivity index (χ0) is 22.3. The quantitative estimate of drug-likeness (QED) is 0.693. The number of urea groups is 1. The van der Waals surface area contributed by atoms with Crippen molar-refractivity contribution in [2.75, 3.05) is 18.8 Å². The van der Waals surface area contributed by atoms with Crippen LogP contribution in [-0.2, 0) is 12.6 Å². The summed E-state index contributed by atoms with van der Waals surface area (Å²) in [7, 11) is 1.76. The molecule has 164 valence electrons. The topological polar surface area (TPSA) is 115 Å². The summed E-state index contributed by atoms with van der Waals surface area (Å²) in [6.45, 7) is 2.06. The Labute approximate surface area is 187 Å². The van der Waals surface area contributed by atoms with Gasteiger partial charge in [0, 0.05) is 13.0 Å². The predicted octanol–water partition coefficient (Wildman–Crippen LogP) is 2.83. The number of aryl methyl sites for hydroxylation is 1. The first-order valence-corrected chi connectivity index (χ1v) is 10.9. The molecule has 1 aromatic carbocycles. The lowest BCUT2D eigenvalue weighted by molar-refractivity contribution is 0.140. The van der Waals surface area contributed by atoms with Crippen LogP contribution in [0.15, 0.2) is 65.5 Å². The fourth-order valence-electron chi connectivity index (χ4n) is 5.04. The van der Waals surface area contributed by atoms with Crippen LogP contribution >= 0.6 is 0 Å². The fraction of sp³-hybridized carbons (Fsp3) is 0.292. The molecule has 2 amide bonds. The number of hydrogen-bond donors (Lipinski definition) is 3. The van der Waals surface area contributed by atoms with Gasteiger partial charge in [-0.15, -0.1) is 0 Å². The van der Waals surface area contributed by atoms with E-state index in [9.17, 15) is 4.79 Å². The number of aliphatic imine (C=N–C) groups is 1. The Bertz CT molecular complexity index is 1180. The first kappa shape index (κ1) is 20.3. The lowest BCUT2D eigenvalue weighted by Gasteiger charge is -2.43. The van der Waals surface area contributed by atoms with Crippen molar-refractivity contribution in [1.29, 1.82) is 0 Å². The third kappa shape index (κ3) is 3.23. The van der Waals surface area contributed by atoms with Gasteiger partial charge < -0.3 is 16.8 Å². The molecule has 3 aliphatic rings. The van der Waals surface area contributed by atoms with Gasteiger partial charge >= 0.3 is 6.03 Å².